The molecule has 0 unspecified atom stereocenters. The van der Waals surface area contributed by atoms with Gasteiger partial charge in [0.1, 0.15) is 5.69 Å². The number of aryl methyl sites for hydroxylation is 1. The minimum Gasteiger partial charge on any atom is -0.331 e. The zero-order valence-electron chi connectivity index (χ0n) is 7.67. The Morgan fingerprint density at radius 3 is 3.00 bits per heavy atom. The topological polar surface area (TPSA) is 47.8 Å². The van der Waals surface area contributed by atoms with Crippen LogP contribution in [-0.2, 0) is 6.54 Å². The van der Waals surface area contributed by atoms with Gasteiger partial charge in [0, 0.05) is 17.3 Å². The van der Waals surface area contributed by atoms with Gasteiger partial charge in [0.05, 0.1) is 17.9 Å². The first-order chi connectivity index (χ1) is 6.78. The van der Waals surface area contributed by atoms with Gasteiger partial charge in [-0.05, 0) is 6.92 Å². The Labute approximate surface area is 85.2 Å². The van der Waals surface area contributed by atoms with Gasteiger partial charge >= 0.3 is 0 Å². The molecule has 2 rings (SSSR count). The molecule has 14 heavy (non-hydrogen) atoms. The standard InChI is InChI=1S/C9H9N3OS/c1-7-10-2-9(14-7)4-12-3-8(5-13)11-6-12/h2-3,5-6H,4H2,1H3. The number of thiazole rings is 1. The van der Waals surface area contributed by atoms with Gasteiger partial charge in [-0.25, -0.2) is 9.97 Å². The molecule has 0 spiro atoms. The maximum Gasteiger partial charge on any atom is 0.169 e. The molecule has 0 radical (unpaired) electrons. The smallest absolute Gasteiger partial charge is 0.169 e. The van der Waals surface area contributed by atoms with E-state index in [4.69, 9.17) is 0 Å². The number of rotatable bonds is 3. The minimum atomic E-state index is 0.464. The molecule has 0 N–H and O–H groups in total. The van der Waals surface area contributed by atoms with E-state index in [1.807, 2.05) is 17.7 Å². The molecular formula is C9H9N3OS. The highest BCUT2D eigenvalue weighted by molar-refractivity contribution is 7.11. The van der Waals surface area contributed by atoms with Crippen LogP contribution in [0.4, 0.5) is 0 Å². The van der Waals surface area contributed by atoms with Crippen LogP contribution in [0, 0.1) is 6.92 Å². The van der Waals surface area contributed by atoms with Crippen molar-refractivity contribution >= 4 is 17.6 Å². The Hall–Kier alpha value is -1.49. The molecule has 72 valence electrons. The van der Waals surface area contributed by atoms with E-state index in [-0.39, 0.29) is 0 Å². The van der Waals surface area contributed by atoms with E-state index >= 15 is 0 Å². The quantitative estimate of drug-likeness (QED) is 0.717. The Kier molecular flexibility index (Phi) is 2.41. The first kappa shape index (κ1) is 9.08. The summed E-state index contributed by atoms with van der Waals surface area (Å²) in [6.07, 6.45) is 5.97. The highest BCUT2D eigenvalue weighted by Gasteiger charge is 2.00. The van der Waals surface area contributed by atoms with Crippen molar-refractivity contribution in [1.29, 1.82) is 0 Å². The second kappa shape index (κ2) is 3.71. The van der Waals surface area contributed by atoms with Gasteiger partial charge < -0.3 is 4.57 Å². The lowest BCUT2D eigenvalue weighted by Crippen LogP contribution is -1.93. The van der Waals surface area contributed by atoms with Crippen LogP contribution in [0.2, 0.25) is 0 Å². The summed E-state index contributed by atoms with van der Waals surface area (Å²) < 4.78 is 1.87. The van der Waals surface area contributed by atoms with Crippen LogP contribution in [-0.4, -0.2) is 20.8 Å². The lowest BCUT2D eigenvalue weighted by atomic mass is 10.5. The van der Waals surface area contributed by atoms with Crippen LogP contribution in [0.5, 0.6) is 0 Å². The van der Waals surface area contributed by atoms with Crippen LogP contribution >= 0.6 is 11.3 Å². The molecule has 2 heterocycles. The highest BCUT2D eigenvalue weighted by atomic mass is 32.1. The van der Waals surface area contributed by atoms with Crippen molar-refractivity contribution in [3.8, 4) is 0 Å². The molecule has 0 aliphatic carbocycles. The average molecular weight is 207 g/mol. The molecule has 0 amide bonds. The molecule has 0 fully saturated rings. The predicted molar refractivity (Wildman–Crippen MR) is 53.6 cm³/mol. The third-order valence-corrected chi connectivity index (χ3v) is 2.68. The van der Waals surface area contributed by atoms with Gasteiger partial charge in [0.25, 0.3) is 0 Å². The van der Waals surface area contributed by atoms with E-state index in [1.165, 1.54) is 0 Å². The second-order valence-electron chi connectivity index (χ2n) is 2.93. The van der Waals surface area contributed by atoms with Crippen molar-refractivity contribution in [2.45, 2.75) is 13.5 Å². The van der Waals surface area contributed by atoms with Gasteiger partial charge in [0.2, 0.25) is 0 Å². The number of imidazole rings is 1. The van der Waals surface area contributed by atoms with E-state index in [2.05, 4.69) is 9.97 Å². The molecule has 0 saturated carbocycles. The fourth-order valence-corrected chi connectivity index (χ4v) is 1.99. The zero-order valence-corrected chi connectivity index (χ0v) is 8.49. The summed E-state index contributed by atoms with van der Waals surface area (Å²) in [7, 11) is 0. The van der Waals surface area contributed by atoms with Crippen molar-refractivity contribution in [2.24, 2.45) is 0 Å². The molecule has 5 heteroatoms. The lowest BCUT2D eigenvalue weighted by molar-refractivity contribution is 0.111. The van der Waals surface area contributed by atoms with Crippen LogP contribution in [0.25, 0.3) is 0 Å². The first-order valence-electron chi connectivity index (χ1n) is 4.16. The van der Waals surface area contributed by atoms with E-state index < -0.39 is 0 Å². The van der Waals surface area contributed by atoms with Gasteiger partial charge in [-0.15, -0.1) is 11.3 Å². The molecule has 2 aromatic rings. The molecule has 4 nitrogen and oxygen atoms in total. The monoisotopic (exact) mass is 207 g/mol. The lowest BCUT2D eigenvalue weighted by Gasteiger charge is -1.95. The molecule has 0 aliphatic rings. The molecule has 0 atom stereocenters. The summed E-state index contributed by atoms with van der Waals surface area (Å²) in [5.41, 5.74) is 0.464. The SMILES string of the molecule is Cc1ncc(Cn2cnc(C=O)c2)s1. The number of carbonyl (C=O) groups excluding carboxylic acids is 1. The fraction of sp³-hybridized carbons (Fsp3) is 0.222. The summed E-state index contributed by atoms with van der Waals surface area (Å²) >= 11 is 1.65. The van der Waals surface area contributed by atoms with Crippen LogP contribution < -0.4 is 0 Å². The number of aromatic nitrogens is 3. The Bertz CT molecular complexity index is 446. The first-order valence-corrected chi connectivity index (χ1v) is 4.98. The van der Waals surface area contributed by atoms with E-state index in [1.54, 1.807) is 23.9 Å². The zero-order chi connectivity index (χ0) is 9.97. The van der Waals surface area contributed by atoms with Gasteiger partial charge in [-0.1, -0.05) is 0 Å². The van der Waals surface area contributed by atoms with E-state index in [0.29, 0.717) is 5.69 Å². The highest BCUT2D eigenvalue weighted by Crippen LogP contribution is 2.12. The number of hydrogen-bond donors (Lipinski definition) is 0. The van der Waals surface area contributed by atoms with Crippen molar-refractivity contribution in [3.05, 3.63) is 34.3 Å². The van der Waals surface area contributed by atoms with Gasteiger partial charge in [0.15, 0.2) is 6.29 Å². The Morgan fingerprint density at radius 2 is 2.43 bits per heavy atom. The number of carbonyl (C=O) groups is 1. The molecule has 0 aromatic carbocycles. The molecule has 0 aliphatic heterocycles. The fourth-order valence-electron chi connectivity index (χ4n) is 1.18. The van der Waals surface area contributed by atoms with Crippen LogP contribution in [0.15, 0.2) is 18.7 Å². The predicted octanol–water partition coefficient (Wildman–Crippen LogP) is 1.51. The maximum atomic E-state index is 10.4. The summed E-state index contributed by atoms with van der Waals surface area (Å²) in [5, 5.41) is 1.05. The molecule has 2 aromatic heterocycles. The number of hydrogen-bond acceptors (Lipinski definition) is 4. The van der Waals surface area contributed by atoms with Gasteiger partial charge in [-0.3, -0.25) is 4.79 Å². The third-order valence-electron chi connectivity index (χ3n) is 1.78. The largest absolute Gasteiger partial charge is 0.331 e. The van der Waals surface area contributed by atoms with E-state index in [0.717, 1.165) is 22.7 Å². The number of nitrogens with zero attached hydrogens (tertiary/aromatic N) is 3. The van der Waals surface area contributed by atoms with Crippen LogP contribution in [0.1, 0.15) is 20.4 Å². The van der Waals surface area contributed by atoms with Crippen molar-refractivity contribution in [3.63, 3.8) is 0 Å². The average Bonchev–Trinajstić information content (AvgIpc) is 2.76. The molecule has 0 bridgehead atoms. The second-order valence-corrected chi connectivity index (χ2v) is 4.25. The van der Waals surface area contributed by atoms with Crippen LogP contribution in [0.3, 0.4) is 0 Å². The summed E-state index contributed by atoms with van der Waals surface area (Å²) in [6, 6.07) is 0. The Balaban J connectivity index is 2.14. The molecule has 0 saturated heterocycles. The maximum absolute atomic E-state index is 10.4. The Morgan fingerprint density at radius 1 is 1.57 bits per heavy atom. The normalized spacial score (nSPS) is 10.4. The number of aldehydes is 1. The van der Waals surface area contributed by atoms with Gasteiger partial charge in [-0.2, -0.15) is 0 Å². The van der Waals surface area contributed by atoms with Crippen molar-refractivity contribution < 1.29 is 4.79 Å². The van der Waals surface area contributed by atoms with Crippen molar-refractivity contribution in [1.82, 2.24) is 14.5 Å². The summed E-state index contributed by atoms with van der Waals surface area (Å²) in [4.78, 5) is 19.6. The van der Waals surface area contributed by atoms with Crippen molar-refractivity contribution in [2.75, 3.05) is 0 Å². The molecular weight excluding hydrogens is 198 g/mol. The summed E-state index contributed by atoms with van der Waals surface area (Å²) in [5.74, 6) is 0. The van der Waals surface area contributed by atoms with E-state index in [9.17, 15) is 4.79 Å². The minimum absolute atomic E-state index is 0.464. The third kappa shape index (κ3) is 1.88. The summed E-state index contributed by atoms with van der Waals surface area (Å²) in [6.45, 7) is 2.70.